The molecule has 0 aromatic heterocycles. The van der Waals surface area contributed by atoms with Crippen molar-refractivity contribution in [2.24, 2.45) is 0 Å². The highest BCUT2D eigenvalue weighted by Gasteiger charge is 2.21. The third kappa shape index (κ3) is 3.35. The molecule has 0 saturated heterocycles. The molecule has 0 fully saturated rings. The van der Waals surface area contributed by atoms with E-state index in [2.05, 4.69) is 55.1 Å². The van der Waals surface area contributed by atoms with Gasteiger partial charge in [-0.1, -0.05) is 97.6 Å². The Kier molecular flexibility index (Phi) is 4.52. The molecule has 2 heteroatoms. The highest BCUT2D eigenvalue weighted by molar-refractivity contribution is 6.80. The SMILES string of the molecule is C=C(O[Si](c1ccccc1)c1ccccc1)c1ccccc1. The standard InChI is InChI=1S/C20H17OSi/c1-17(18-11-5-2-6-12-18)21-22(19-13-7-3-8-14-19)20-15-9-4-10-16-20/h2-16H,1H2. The summed E-state index contributed by atoms with van der Waals surface area (Å²) in [4.78, 5) is 0. The first-order valence-corrected chi connectivity index (χ1v) is 8.65. The van der Waals surface area contributed by atoms with E-state index in [1.54, 1.807) is 0 Å². The largest absolute Gasteiger partial charge is 0.533 e. The van der Waals surface area contributed by atoms with Gasteiger partial charge in [-0.2, -0.15) is 0 Å². The lowest BCUT2D eigenvalue weighted by atomic mass is 10.2. The normalized spacial score (nSPS) is 10.4. The maximum Gasteiger partial charge on any atom is 0.352 e. The Bertz CT molecular complexity index is 684. The summed E-state index contributed by atoms with van der Waals surface area (Å²) in [5, 5.41) is 2.44. The lowest BCUT2D eigenvalue weighted by Crippen LogP contribution is -2.44. The lowest BCUT2D eigenvalue weighted by Gasteiger charge is -2.19. The Morgan fingerprint density at radius 1 is 0.636 bits per heavy atom. The topological polar surface area (TPSA) is 9.23 Å². The van der Waals surface area contributed by atoms with E-state index in [0.717, 1.165) is 11.3 Å². The molecule has 107 valence electrons. The van der Waals surface area contributed by atoms with Crippen LogP contribution in [0.4, 0.5) is 0 Å². The van der Waals surface area contributed by atoms with Gasteiger partial charge in [0.15, 0.2) is 0 Å². The Labute approximate surface area is 133 Å². The first-order chi connectivity index (χ1) is 10.8. The molecule has 0 amide bonds. The van der Waals surface area contributed by atoms with Gasteiger partial charge < -0.3 is 4.43 Å². The second kappa shape index (κ2) is 6.92. The highest BCUT2D eigenvalue weighted by Crippen LogP contribution is 2.14. The van der Waals surface area contributed by atoms with E-state index < -0.39 is 9.04 Å². The van der Waals surface area contributed by atoms with E-state index in [-0.39, 0.29) is 0 Å². The predicted octanol–water partition coefficient (Wildman–Crippen LogP) is 3.48. The monoisotopic (exact) mass is 301 g/mol. The summed E-state index contributed by atoms with van der Waals surface area (Å²) in [5.41, 5.74) is 1.02. The third-order valence-electron chi connectivity index (χ3n) is 3.39. The van der Waals surface area contributed by atoms with Crippen LogP contribution in [-0.2, 0) is 4.43 Å². The molecule has 0 bridgehead atoms. The van der Waals surface area contributed by atoms with Crippen LogP contribution in [-0.4, -0.2) is 9.04 Å². The molecule has 0 N–H and O–H groups in total. The summed E-state index contributed by atoms with van der Waals surface area (Å²) >= 11 is 0. The minimum atomic E-state index is -1.35. The van der Waals surface area contributed by atoms with Gasteiger partial charge in [-0.05, 0) is 10.4 Å². The molecule has 0 heterocycles. The first kappa shape index (κ1) is 14.4. The maximum absolute atomic E-state index is 6.32. The molecule has 0 unspecified atom stereocenters. The molecule has 0 aliphatic heterocycles. The average molecular weight is 301 g/mol. The van der Waals surface area contributed by atoms with Crippen molar-refractivity contribution in [1.82, 2.24) is 0 Å². The second-order valence-electron chi connectivity index (χ2n) is 4.95. The smallest absolute Gasteiger partial charge is 0.352 e. The lowest BCUT2D eigenvalue weighted by molar-refractivity contribution is 0.550. The van der Waals surface area contributed by atoms with Crippen molar-refractivity contribution in [3.8, 4) is 0 Å². The van der Waals surface area contributed by atoms with Gasteiger partial charge in [0.2, 0.25) is 0 Å². The van der Waals surface area contributed by atoms with Crippen LogP contribution in [0, 0.1) is 0 Å². The minimum Gasteiger partial charge on any atom is -0.533 e. The molecular weight excluding hydrogens is 284 g/mol. The van der Waals surface area contributed by atoms with Gasteiger partial charge in [0.25, 0.3) is 0 Å². The van der Waals surface area contributed by atoms with E-state index in [0.29, 0.717) is 0 Å². The Balaban J connectivity index is 1.91. The zero-order valence-electron chi connectivity index (χ0n) is 12.3. The van der Waals surface area contributed by atoms with Crippen LogP contribution in [0.25, 0.3) is 5.76 Å². The summed E-state index contributed by atoms with van der Waals surface area (Å²) < 4.78 is 6.32. The summed E-state index contributed by atoms with van der Waals surface area (Å²) in [5.74, 6) is 0.724. The molecule has 0 aliphatic carbocycles. The summed E-state index contributed by atoms with van der Waals surface area (Å²) in [6.45, 7) is 4.12. The quantitative estimate of drug-likeness (QED) is 0.518. The molecule has 3 aromatic rings. The van der Waals surface area contributed by atoms with Crippen molar-refractivity contribution < 1.29 is 4.43 Å². The molecule has 0 aliphatic rings. The molecule has 0 saturated carbocycles. The Morgan fingerprint density at radius 3 is 1.50 bits per heavy atom. The molecule has 22 heavy (non-hydrogen) atoms. The molecule has 1 radical (unpaired) electrons. The number of rotatable bonds is 5. The van der Waals surface area contributed by atoms with E-state index >= 15 is 0 Å². The summed E-state index contributed by atoms with van der Waals surface area (Å²) in [6.07, 6.45) is 0. The van der Waals surface area contributed by atoms with E-state index in [1.165, 1.54) is 10.4 Å². The van der Waals surface area contributed by atoms with Crippen LogP contribution < -0.4 is 10.4 Å². The van der Waals surface area contributed by atoms with E-state index in [4.69, 9.17) is 4.43 Å². The fraction of sp³-hybridized carbons (Fsp3) is 0. The van der Waals surface area contributed by atoms with Crippen molar-refractivity contribution >= 4 is 25.2 Å². The first-order valence-electron chi connectivity index (χ1n) is 7.24. The minimum absolute atomic E-state index is 0.724. The van der Waals surface area contributed by atoms with E-state index in [1.807, 2.05) is 42.5 Å². The Morgan fingerprint density at radius 2 is 1.05 bits per heavy atom. The van der Waals surface area contributed by atoms with Crippen LogP contribution in [0.3, 0.4) is 0 Å². The zero-order valence-corrected chi connectivity index (χ0v) is 13.3. The second-order valence-corrected chi connectivity index (χ2v) is 6.97. The van der Waals surface area contributed by atoms with E-state index in [9.17, 15) is 0 Å². The van der Waals surface area contributed by atoms with Crippen molar-refractivity contribution in [2.45, 2.75) is 0 Å². The van der Waals surface area contributed by atoms with Gasteiger partial charge >= 0.3 is 9.04 Å². The average Bonchev–Trinajstić information content (AvgIpc) is 2.62. The van der Waals surface area contributed by atoms with Crippen LogP contribution in [0.5, 0.6) is 0 Å². The number of hydrogen-bond acceptors (Lipinski definition) is 1. The van der Waals surface area contributed by atoms with Gasteiger partial charge in [-0.25, -0.2) is 0 Å². The maximum atomic E-state index is 6.32. The van der Waals surface area contributed by atoms with Crippen molar-refractivity contribution in [3.63, 3.8) is 0 Å². The van der Waals surface area contributed by atoms with Gasteiger partial charge in [-0.15, -0.1) is 0 Å². The van der Waals surface area contributed by atoms with Crippen LogP contribution in [0.1, 0.15) is 5.56 Å². The van der Waals surface area contributed by atoms with Crippen molar-refractivity contribution in [1.29, 1.82) is 0 Å². The molecule has 3 aromatic carbocycles. The van der Waals surface area contributed by atoms with Gasteiger partial charge in [0, 0.05) is 5.56 Å². The van der Waals surface area contributed by atoms with Gasteiger partial charge in [-0.3, -0.25) is 0 Å². The van der Waals surface area contributed by atoms with Gasteiger partial charge in [0.1, 0.15) is 5.76 Å². The molecule has 3 rings (SSSR count). The number of benzene rings is 3. The van der Waals surface area contributed by atoms with Crippen LogP contribution in [0.2, 0.25) is 0 Å². The summed E-state index contributed by atoms with van der Waals surface area (Å²) in [6, 6.07) is 30.8. The van der Waals surface area contributed by atoms with Crippen LogP contribution >= 0.6 is 0 Å². The fourth-order valence-electron chi connectivity index (χ4n) is 2.27. The highest BCUT2D eigenvalue weighted by atomic mass is 28.3. The molecule has 0 spiro atoms. The predicted molar refractivity (Wildman–Crippen MR) is 94.5 cm³/mol. The zero-order chi connectivity index (χ0) is 15.2. The van der Waals surface area contributed by atoms with Crippen molar-refractivity contribution in [3.05, 3.63) is 103 Å². The van der Waals surface area contributed by atoms with Gasteiger partial charge in [0.05, 0.1) is 0 Å². The van der Waals surface area contributed by atoms with Crippen LogP contribution in [0.15, 0.2) is 97.6 Å². The Hall–Kier alpha value is -2.58. The van der Waals surface area contributed by atoms with Crippen molar-refractivity contribution in [2.75, 3.05) is 0 Å². The molecule has 1 nitrogen and oxygen atoms in total. The molecule has 0 atom stereocenters. The molecular formula is C20H17OSi. The third-order valence-corrected chi connectivity index (χ3v) is 5.56. The summed E-state index contributed by atoms with van der Waals surface area (Å²) in [7, 11) is -1.35. The fourth-order valence-corrected chi connectivity index (χ4v) is 4.19. The number of hydrogen-bond donors (Lipinski definition) is 0.